The first-order valence-corrected chi connectivity index (χ1v) is 10.5. The van der Waals surface area contributed by atoms with Gasteiger partial charge in [0.2, 0.25) is 5.91 Å². The van der Waals surface area contributed by atoms with E-state index in [1.54, 1.807) is 28.8 Å². The van der Waals surface area contributed by atoms with Crippen LogP contribution in [0.4, 0.5) is 10.1 Å². The molecule has 1 aliphatic heterocycles. The molecule has 3 rings (SSSR count). The van der Waals surface area contributed by atoms with Crippen molar-refractivity contribution >= 4 is 29.3 Å². The summed E-state index contributed by atoms with van der Waals surface area (Å²) in [6.45, 7) is 6.04. The Hall–Kier alpha value is -2.64. The minimum atomic E-state index is -0.507. The number of piperazine rings is 1. The number of rotatable bonds is 7. The third-order valence-electron chi connectivity index (χ3n) is 4.65. The number of thioether (sulfide) groups is 1. The van der Waals surface area contributed by atoms with Gasteiger partial charge in [0.15, 0.2) is 0 Å². The maximum atomic E-state index is 13.8. The van der Waals surface area contributed by atoms with Gasteiger partial charge < -0.3 is 10.2 Å². The van der Waals surface area contributed by atoms with Crippen LogP contribution in [0.3, 0.4) is 0 Å². The number of carbonyl (C=O) groups excluding carboxylic acids is 2. The molecular formula is C22H24FN3O2S. The highest BCUT2D eigenvalue weighted by Gasteiger charge is 2.24. The van der Waals surface area contributed by atoms with E-state index < -0.39 is 5.82 Å². The Morgan fingerprint density at radius 3 is 2.48 bits per heavy atom. The van der Waals surface area contributed by atoms with E-state index in [0.29, 0.717) is 26.2 Å². The van der Waals surface area contributed by atoms with E-state index in [4.69, 9.17) is 0 Å². The van der Waals surface area contributed by atoms with Crippen LogP contribution in [0.25, 0.3) is 0 Å². The average Bonchev–Trinajstić information content (AvgIpc) is 2.73. The summed E-state index contributed by atoms with van der Waals surface area (Å²) in [7, 11) is 0. The number of carbonyl (C=O) groups is 2. The Kier molecular flexibility index (Phi) is 7.43. The highest BCUT2D eigenvalue weighted by Crippen LogP contribution is 2.26. The first-order valence-electron chi connectivity index (χ1n) is 9.47. The first-order chi connectivity index (χ1) is 14.1. The van der Waals surface area contributed by atoms with Crippen LogP contribution in [0.5, 0.6) is 0 Å². The summed E-state index contributed by atoms with van der Waals surface area (Å²) in [6, 6.07) is 13.7. The number of halogens is 1. The summed E-state index contributed by atoms with van der Waals surface area (Å²) in [4.78, 5) is 29.6. The van der Waals surface area contributed by atoms with Crippen LogP contribution >= 0.6 is 11.8 Å². The second-order valence-electron chi connectivity index (χ2n) is 6.69. The second-order valence-corrected chi connectivity index (χ2v) is 7.75. The first kappa shape index (κ1) is 21.1. The number of nitrogens with one attached hydrogen (secondary N) is 1. The third-order valence-corrected chi connectivity index (χ3v) is 5.72. The van der Waals surface area contributed by atoms with Crippen LogP contribution in [0, 0.1) is 5.82 Å². The largest absolute Gasteiger partial charge is 0.336 e. The molecule has 0 aromatic heterocycles. The summed E-state index contributed by atoms with van der Waals surface area (Å²) < 4.78 is 13.8. The summed E-state index contributed by atoms with van der Waals surface area (Å²) in [5.41, 5.74) is 0.880. The Morgan fingerprint density at radius 2 is 1.76 bits per heavy atom. The summed E-state index contributed by atoms with van der Waals surface area (Å²) in [5.74, 6) is -0.136. The van der Waals surface area contributed by atoms with Crippen molar-refractivity contribution in [1.82, 2.24) is 9.80 Å². The van der Waals surface area contributed by atoms with Gasteiger partial charge in [-0.05, 0) is 24.3 Å². The van der Waals surface area contributed by atoms with E-state index in [-0.39, 0.29) is 23.9 Å². The molecule has 0 unspecified atom stereocenters. The number of amides is 2. The molecule has 2 amide bonds. The molecule has 1 heterocycles. The van der Waals surface area contributed by atoms with E-state index in [2.05, 4.69) is 11.9 Å². The Bertz CT molecular complexity index is 882. The molecule has 5 nitrogen and oxygen atoms in total. The lowest BCUT2D eigenvalue weighted by Gasteiger charge is -2.34. The molecule has 0 bridgehead atoms. The Morgan fingerprint density at radius 1 is 1.07 bits per heavy atom. The molecule has 2 aromatic rings. The molecule has 0 saturated carbocycles. The second kappa shape index (κ2) is 10.2. The van der Waals surface area contributed by atoms with Crippen molar-refractivity contribution in [3.63, 3.8) is 0 Å². The van der Waals surface area contributed by atoms with Crippen molar-refractivity contribution in [3.8, 4) is 0 Å². The van der Waals surface area contributed by atoms with Crippen LogP contribution in [0.2, 0.25) is 0 Å². The van der Waals surface area contributed by atoms with Crippen LogP contribution in [0.15, 0.2) is 66.1 Å². The summed E-state index contributed by atoms with van der Waals surface area (Å²) in [5, 5.41) is 2.97. The third kappa shape index (κ3) is 5.68. The molecule has 1 aliphatic rings. The van der Waals surface area contributed by atoms with Gasteiger partial charge in [-0.1, -0.05) is 30.3 Å². The standard InChI is InChI=1S/C22H24FN3O2S/c1-2-15-29-20-10-6-5-9-19(20)24-21(27)16-25-11-13-26(14-12-25)22(28)17-7-3-4-8-18(17)23/h2-10H,1,11-16H2,(H,24,27). The molecule has 152 valence electrons. The van der Waals surface area contributed by atoms with Crippen LogP contribution in [0.1, 0.15) is 10.4 Å². The van der Waals surface area contributed by atoms with Gasteiger partial charge in [-0.2, -0.15) is 0 Å². The fourth-order valence-electron chi connectivity index (χ4n) is 3.15. The molecule has 1 N–H and O–H groups in total. The summed E-state index contributed by atoms with van der Waals surface area (Å²) >= 11 is 1.62. The molecule has 1 saturated heterocycles. The molecule has 2 aromatic carbocycles. The molecule has 0 spiro atoms. The highest BCUT2D eigenvalue weighted by atomic mass is 32.2. The molecule has 0 radical (unpaired) electrons. The fourth-order valence-corrected chi connectivity index (χ4v) is 3.90. The maximum Gasteiger partial charge on any atom is 0.256 e. The molecular weight excluding hydrogens is 389 g/mol. The normalized spacial score (nSPS) is 14.4. The molecule has 0 atom stereocenters. The minimum absolute atomic E-state index is 0.0901. The maximum absolute atomic E-state index is 13.8. The number of hydrogen-bond donors (Lipinski definition) is 1. The predicted octanol–water partition coefficient (Wildman–Crippen LogP) is 3.50. The van der Waals surface area contributed by atoms with Gasteiger partial charge in [-0.3, -0.25) is 14.5 Å². The van der Waals surface area contributed by atoms with Crippen LogP contribution < -0.4 is 5.32 Å². The van der Waals surface area contributed by atoms with Crippen molar-refractivity contribution in [2.75, 3.05) is 43.8 Å². The van der Waals surface area contributed by atoms with E-state index in [1.807, 2.05) is 35.2 Å². The van der Waals surface area contributed by atoms with Gasteiger partial charge in [0.05, 0.1) is 17.8 Å². The highest BCUT2D eigenvalue weighted by molar-refractivity contribution is 7.99. The van der Waals surface area contributed by atoms with Gasteiger partial charge in [0.25, 0.3) is 5.91 Å². The van der Waals surface area contributed by atoms with Gasteiger partial charge in [-0.15, -0.1) is 18.3 Å². The topological polar surface area (TPSA) is 52.7 Å². The molecule has 7 heteroatoms. The zero-order valence-corrected chi connectivity index (χ0v) is 17.0. The Labute approximate surface area is 174 Å². The quantitative estimate of drug-likeness (QED) is 0.558. The van der Waals surface area contributed by atoms with Crippen LogP contribution in [-0.2, 0) is 4.79 Å². The van der Waals surface area contributed by atoms with E-state index in [0.717, 1.165) is 16.3 Å². The van der Waals surface area contributed by atoms with Crippen LogP contribution in [-0.4, -0.2) is 60.1 Å². The van der Waals surface area contributed by atoms with Crippen molar-refractivity contribution in [2.45, 2.75) is 4.90 Å². The zero-order chi connectivity index (χ0) is 20.6. The van der Waals surface area contributed by atoms with Gasteiger partial charge >= 0.3 is 0 Å². The average molecular weight is 414 g/mol. The SMILES string of the molecule is C=CCSc1ccccc1NC(=O)CN1CCN(C(=O)c2ccccc2F)CC1. The van der Waals surface area contributed by atoms with Gasteiger partial charge in [-0.25, -0.2) is 4.39 Å². The van der Waals surface area contributed by atoms with Crippen molar-refractivity contribution < 1.29 is 14.0 Å². The van der Waals surface area contributed by atoms with Crippen molar-refractivity contribution in [1.29, 1.82) is 0 Å². The number of hydrogen-bond acceptors (Lipinski definition) is 4. The lowest BCUT2D eigenvalue weighted by atomic mass is 10.1. The van der Waals surface area contributed by atoms with E-state index in [1.165, 1.54) is 12.1 Å². The minimum Gasteiger partial charge on any atom is -0.336 e. The zero-order valence-electron chi connectivity index (χ0n) is 16.1. The smallest absolute Gasteiger partial charge is 0.256 e. The lowest BCUT2D eigenvalue weighted by Crippen LogP contribution is -2.50. The molecule has 0 aliphatic carbocycles. The van der Waals surface area contributed by atoms with Crippen molar-refractivity contribution in [2.24, 2.45) is 0 Å². The lowest BCUT2D eigenvalue weighted by molar-refractivity contribution is -0.117. The number of para-hydroxylation sites is 1. The molecule has 1 fully saturated rings. The Balaban J connectivity index is 1.51. The monoisotopic (exact) mass is 413 g/mol. The summed E-state index contributed by atoms with van der Waals surface area (Å²) in [6.07, 6.45) is 1.82. The number of nitrogens with zero attached hydrogens (tertiary/aromatic N) is 2. The van der Waals surface area contributed by atoms with Crippen molar-refractivity contribution in [3.05, 3.63) is 72.6 Å². The van der Waals surface area contributed by atoms with Gasteiger partial charge in [0, 0.05) is 36.8 Å². The van der Waals surface area contributed by atoms with Gasteiger partial charge in [0.1, 0.15) is 5.82 Å². The number of anilines is 1. The fraction of sp³-hybridized carbons (Fsp3) is 0.273. The van der Waals surface area contributed by atoms with E-state index >= 15 is 0 Å². The van der Waals surface area contributed by atoms with E-state index in [9.17, 15) is 14.0 Å². The molecule has 29 heavy (non-hydrogen) atoms. The predicted molar refractivity (Wildman–Crippen MR) is 115 cm³/mol. The number of benzene rings is 2.